The lowest BCUT2D eigenvalue weighted by molar-refractivity contribution is -0.137. The van der Waals surface area contributed by atoms with E-state index in [2.05, 4.69) is 15.1 Å². The highest BCUT2D eigenvalue weighted by atomic mass is 19.4. The Balaban J connectivity index is 1.46. The average Bonchev–Trinajstić information content (AvgIpc) is 3.07. The Morgan fingerprint density at radius 2 is 1.71 bits per heavy atom. The molecule has 0 aliphatic carbocycles. The second kappa shape index (κ2) is 7.94. The van der Waals surface area contributed by atoms with Gasteiger partial charge in [0.05, 0.1) is 22.3 Å². The third-order valence-corrected chi connectivity index (χ3v) is 5.06. The van der Waals surface area contributed by atoms with Crippen LogP contribution in [-0.4, -0.2) is 25.4 Å². The number of halogens is 3. The number of hydrogen-bond donors (Lipinski definition) is 0. The van der Waals surface area contributed by atoms with Crippen molar-refractivity contribution in [3.8, 4) is 11.4 Å². The molecule has 0 bridgehead atoms. The molecule has 1 aromatic carbocycles. The normalized spacial score (nSPS) is 11.8. The van der Waals surface area contributed by atoms with E-state index in [1.54, 1.807) is 16.9 Å². The highest BCUT2D eigenvalue weighted by molar-refractivity contribution is 6.03. The number of fused-ring (bicyclic) bond motifs is 1. The molecule has 8 heteroatoms. The predicted octanol–water partition coefficient (Wildman–Crippen LogP) is 5.24. The molecule has 0 N–H and O–H groups in total. The van der Waals surface area contributed by atoms with E-state index in [9.17, 15) is 18.0 Å². The van der Waals surface area contributed by atoms with Crippen LogP contribution in [0.4, 0.5) is 13.2 Å². The molecule has 0 spiro atoms. The summed E-state index contributed by atoms with van der Waals surface area (Å²) < 4.78 is 39.8. The van der Waals surface area contributed by atoms with Gasteiger partial charge in [0, 0.05) is 30.6 Å². The SMILES string of the molecule is Cc1ccn2nc(C)c(C(=O)CCc3cnc(-c4ccc(C(F)(F)F)cc4)nc3)c2c1. The highest BCUT2D eigenvalue weighted by Crippen LogP contribution is 2.30. The molecule has 0 saturated heterocycles. The van der Waals surface area contributed by atoms with Gasteiger partial charge in [0.25, 0.3) is 0 Å². The molecule has 3 aromatic heterocycles. The molecule has 5 nitrogen and oxygen atoms in total. The summed E-state index contributed by atoms with van der Waals surface area (Å²) in [6.45, 7) is 3.78. The third kappa shape index (κ3) is 4.33. The van der Waals surface area contributed by atoms with Crippen LogP contribution in [0.2, 0.25) is 0 Å². The summed E-state index contributed by atoms with van der Waals surface area (Å²) >= 11 is 0. The fourth-order valence-electron chi connectivity index (χ4n) is 3.44. The van der Waals surface area contributed by atoms with Gasteiger partial charge in [-0.2, -0.15) is 18.3 Å². The van der Waals surface area contributed by atoms with Crippen molar-refractivity contribution in [2.45, 2.75) is 32.9 Å². The first-order chi connectivity index (χ1) is 14.7. The summed E-state index contributed by atoms with van der Waals surface area (Å²) in [4.78, 5) is 21.3. The van der Waals surface area contributed by atoms with E-state index < -0.39 is 11.7 Å². The minimum atomic E-state index is -4.38. The first-order valence-corrected chi connectivity index (χ1v) is 9.70. The zero-order valence-electron chi connectivity index (χ0n) is 16.9. The van der Waals surface area contributed by atoms with E-state index in [4.69, 9.17) is 0 Å². The zero-order chi connectivity index (χ0) is 22.2. The molecule has 0 aliphatic rings. The quantitative estimate of drug-likeness (QED) is 0.411. The Morgan fingerprint density at radius 3 is 2.35 bits per heavy atom. The van der Waals surface area contributed by atoms with Gasteiger partial charge >= 0.3 is 6.18 Å². The van der Waals surface area contributed by atoms with Crippen LogP contribution in [-0.2, 0) is 12.6 Å². The molecule has 4 rings (SSSR count). The summed E-state index contributed by atoms with van der Waals surface area (Å²) in [5.41, 5.74) is 3.69. The first-order valence-electron chi connectivity index (χ1n) is 9.70. The van der Waals surface area contributed by atoms with Crippen LogP contribution in [0.25, 0.3) is 16.9 Å². The molecule has 158 valence electrons. The molecular weight excluding hydrogens is 405 g/mol. The van der Waals surface area contributed by atoms with Crippen molar-refractivity contribution in [1.29, 1.82) is 0 Å². The Bertz CT molecular complexity index is 1240. The van der Waals surface area contributed by atoms with Gasteiger partial charge < -0.3 is 0 Å². The van der Waals surface area contributed by atoms with E-state index in [1.807, 2.05) is 32.2 Å². The lowest BCUT2D eigenvalue weighted by atomic mass is 10.0. The second-order valence-corrected chi connectivity index (χ2v) is 7.41. The molecule has 0 saturated carbocycles. The second-order valence-electron chi connectivity index (χ2n) is 7.41. The largest absolute Gasteiger partial charge is 0.416 e. The number of carbonyl (C=O) groups is 1. The highest BCUT2D eigenvalue weighted by Gasteiger charge is 2.30. The number of nitrogens with zero attached hydrogens (tertiary/aromatic N) is 4. The Morgan fingerprint density at radius 1 is 1.03 bits per heavy atom. The van der Waals surface area contributed by atoms with Crippen LogP contribution in [0.15, 0.2) is 55.0 Å². The molecule has 31 heavy (non-hydrogen) atoms. The number of pyridine rings is 1. The van der Waals surface area contributed by atoms with Gasteiger partial charge in [-0.25, -0.2) is 14.5 Å². The Kier molecular flexibility index (Phi) is 5.31. The number of ketones is 1. The molecular formula is C23H19F3N4O. The minimum Gasteiger partial charge on any atom is -0.294 e. The van der Waals surface area contributed by atoms with E-state index in [1.165, 1.54) is 12.1 Å². The smallest absolute Gasteiger partial charge is 0.294 e. The Hall–Kier alpha value is -3.55. The maximum atomic E-state index is 12.8. The fraction of sp³-hybridized carbons (Fsp3) is 0.217. The van der Waals surface area contributed by atoms with Crippen molar-refractivity contribution >= 4 is 11.3 Å². The van der Waals surface area contributed by atoms with Gasteiger partial charge in [-0.15, -0.1) is 0 Å². The maximum Gasteiger partial charge on any atom is 0.416 e. The van der Waals surface area contributed by atoms with Crippen molar-refractivity contribution in [3.63, 3.8) is 0 Å². The summed E-state index contributed by atoms with van der Waals surface area (Å²) in [5.74, 6) is 0.322. The van der Waals surface area contributed by atoms with E-state index in [0.29, 0.717) is 29.1 Å². The number of benzene rings is 1. The number of hydrogen-bond acceptors (Lipinski definition) is 4. The molecule has 3 heterocycles. The lowest BCUT2D eigenvalue weighted by Gasteiger charge is -2.07. The maximum absolute atomic E-state index is 12.8. The average molecular weight is 424 g/mol. The standard InChI is InChI=1S/C23H19F3N4O/c1-14-9-10-30-19(11-14)21(15(2)29-30)20(31)8-3-16-12-27-22(28-13-16)17-4-6-18(7-5-17)23(24,25)26/h4-7,9-13H,3,8H2,1-2H3. The zero-order valence-corrected chi connectivity index (χ0v) is 16.9. The molecule has 0 radical (unpaired) electrons. The number of Topliss-reactive ketones (excluding diaryl/α,β-unsaturated/α-hetero) is 1. The Labute approximate surface area is 176 Å². The van der Waals surface area contributed by atoms with Crippen LogP contribution in [0.3, 0.4) is 0 Å². The number of aromatic nitrogens is 4. The van der Waals surface area contributed by atoms with Crippen LogP contribution in [0, 0.1) is 13.8 Å². The molecule has 4 aromatic rings. The molecule has 0 fully saturated rings. The van der Waals surface area contributed by atoms with Crippen LogP contribution in [0.1, 0.15) is 39.2 Å². The van der Waals surface area contributed by atoms with Crippen molar-refractivity contribution in [3.05, 3.63) is 82.9 Å². The van der Waals surface area contributed by atoms with Gasteiger partial charge in [0.2, 0.25) is 0 Å². The summed E-state index contributed by atoms with van der Waals surface area (Å²) in [5, 5.41) is 4.40. The van der Waals surface area contributed by atoms with E-state index in [0.717, 1.165) is 28.8 Å². The van der Waals surface area contributed by atoms with Crippen molar-refractivity contribution in [1.82, 2.24) is 19.6 Å². The summed E-state index contributed by atoms with van der Waals surface area (Å²) in [6.07, 6.45) is 1.38. The lowest BCUT2D eigenvalue weighted by Crippen LogP contribution is -2.04. The fourth-order valence-corrected chi connectivity index (χ4v) is 3.44. The summed E-state index contributed by atoms with van der Waals surface area (Å²) in [6, 6.07) is 8.57. The number of aryl methyl sites for hydroxylation is 3. The molecule has 0 amide bonds. The van der Waals surface area contributed by atoms with Gasteiger partial charge in [-0.05, 0) is 55.7 Å². The van der Waals surface area contributed by atoms with Crippen LogP contribution >= 0.6 is 0 Å². The first kappa shape index (κ1) is 20.7. The molecule has 0 aliphatic heterocycles. The van der Waals surface area contributed by atoms with Crippen LogP contribution < -0.4 is 0 Å². The predicted molar refractivity (Wildman–Crippen MR) is 110 cm³/mol. The molecule has 0 unspecified atom stereocenters. The van der Waals surface area contributed by atoms with Gasteiger partial charge in [0.15, 0.2) is 11.6 Å². The van der Waals surface area contributed by atoms with Gasteiger partial charge in [-0.3, -0.25) is 4.79 Å². The monoisotopic (exact) mass is 424 g/mol. The number of alkyl halides is 3. The van der Waals surface area contributed by atoms with Crippen molar-refractivity contribution in [2.24, 2.45) is 0 Å². The van der Waals surface area contributed by atoms with Crippen molar-refractivity contribution < 1.29 is 18.0 Å². The number of carbonyl (C=O) groups excluding carboxylic acids is 1. The van der Waals surface area contributed by atoms with Crippen LogP contribution in [0.5, 0.6) is 0 Å². The van der Waals surface area contributed by atoms with Gasteiger partial charge in [-0.1, -0.05) is 12.1 Å². The molecule has 0 atom stereocenters. The van der Waals surface area contributed by atoms with E-state index >= 15 is 0 Å². The van der Waals surface area contributed by atoms with Gasteiger partial charge in [0.1, 0.15) is 0 Å². The minimum absolute atomic E-state index is 0.00934. The van der Waals surface area contributed by atoms with E-state index in [-0.39, 0.29) is 12.2 Å². The number of rotatable bonds is 5. The third-order valence-electron chi connectivity index (χ3n) is 5.06. The summed E-state index contributed by atoms with van der Waals surface area (Å²) in [7, 11) is 0. The van der Waals surface area contributed by atoms with Crippen molar-refractivity contribution in [2.75, 3.05) is 0 Å². The topological polar surface area (TPSA) is 60.2 Å².